The van der Waals surface area contributed by atoms with E-state index in [1.54, 1.807) is 0 Å². The number of furan rings is 1. The first-order valence-electron chi connectivity index (χ1n) is 15.4. The van der Waals surface area contributed by atoms with Crippen LogP contribution in [0.1, 0.15) is 0 Å². The molecule has 1 aliphatic heterocycles. The summed E-state index contributed by atoms with van der Waals surface area (Å²) in [5, 5.41) is 6.79. The first-order chi connectivity index (χ1) is 22.8. The second-order valence-electron chi connectivity index (χ2n) is 11.7. The molecule has 7 aromatic carbocycles. The van der Waals surface area contributed by atoms with Crippen LogP contribution in [-0.4, -0.2) is 15.0 Å². The van der Waals surface area contributed by atoms with Gasteiger partial charge in [-0.15, -0.1) is 0 Å². The molecule has 0 bridgehead atoms. The van der Waals surface area contributed by atoms with E-state index >= 15 is 0 Å². The number of para-hydroxylation sites is 2. The highest BCUT2D eigenvalue weighted by Gasteiger charge is 2.29. The van der Waals surface area contributed by atoms with Crippen molar-refractivity contribution >= 4 is 60.8 Å². The smallest absolute Gasteiger partial charge is 0.238 e. The van der Waals surface area contributed by atoms with Crippen LogP contribution in [0.5, 0.6) is 0 Å². The Morgan fingerprint density at radius 3 is 2.02 bits per heavy atom. The topological polar surface area (TPSA) is 55.1 Å². The molecule has 0 amide bonds. The van der Waals surface area contributed by atoms with Gasteiger partial charge < -0.3 is 4.42 Å². The Balaban J connectivity index is 1.30. The molecule has 0 unspecified atom stereocenters. The van der Waals surface area contributed by atoms with Gasteiger partial charge in [0.05, 0.1) is 16.9 Å². The van der Waals surface area contributed by atoms with Gasteiger partial charge >= 0.3 is 0 Å². The van der Waals surface area contributed by atoms with Crippen molar-refractivity contribution in [3.8, 4) is 33.9 Å². The van der Waals surface area contributed by atoms with Gasteiger partial charge in [-0.05, 0) is 52.1 Å². The van der Waals surface area contributed by atoms with Crippen LogP contribution in [0.25, 0.3) is 77.4 Å². The molecular weight excluding hydrogens is 564 g/mol. The SMILES string of the molecule is c1ccc(-c2nc(-c3cccc4c3oc3ccccc34)nc(N3c4cc5ccccc5cc4-c4cccc5cccc3c45)n2)cc1. The minimum atomic E-state index is 0.551. The third-order valence-corrected chi connectivity index (χ3v) is 9.02. The van der Waals surface area contributed by atoms with Crippen LogP contribution < -0.4 is 4.90 Å². The fraction of sp³-hybridized carbons (Fsp3) is 0. The maximum Gasteiger partial charge on any atom is 0.238 e. The van der Waals surface area contributed by atoms with Crippen molar-refractivity contribution in [1.82, 2.24) is 15.0 Å². The van der Waals surface area contributed by atoms with Gasteiger partial charge in [-0.25, -0.2) is 4.98 Å². The zero-order chi connectivity index (χ0) is 30.2. The summed E-state index contributed by atoms with van der Waals surface area (Å²) in [7, 11) is 0. The van der Waals surface area contributed by atoms with Gasteiger partial charge in [0.15, 0.2) is 11.6 Å². The summed E-state index contributed by atoms with van der Waals surface area (Å²) in [4.78, 5) is 17.7. The van der Waals surface area contributed by atoms with E-state index in [-0.39, 0.29) is 0 Å². The third-order valence-electron chi connectivity index (χ3n) is 9.02. The lowest BCUT2D eigenvalue weighted by atomic mass is 9.90. The lowest BCUT2D eigenvalue weighted by Gasteiger charge is -2.32. The summed E-state index contributed by atoms with van der Waals surface area (Å²) in [5.74, 6) is 1.71. The average Bonchev–Trinajstić information content (AvgIpc) is 3.50. The molecule has 5 heteroatoms. The fourth-order valence-corrected chi connectivity index (χ4v) is 6.93. The molecule has 0 radical (unpaired) electrons. The molecule has 0 N–H and O–H groups in total. The molecule has 3 heterocycles. The maximum atomic E-state index is 6.45. The van der Waals surface area contributed by atoms with Gasteiger partial charge in [0.25, 0.3) is 0 Å². The number of benzene rings is 7. The molecule has 9 aromatic rings. The van der Waals surface area contributed by atoms with Crippen LogP contribution in [0.15, 0.2) is 150 Å². The molecule has 0 saturated heterocycles. The van der Waals surface area contributed by atoms with Gasteiger partial charge in [-0.2, -0.15) is 9.97 Å². The zero-order valence-corrected chi connectivity index (χ0v) is 24.6. The minimum absolute atomic E-state index is 0.551. The summed E-state index contributed by atoms with van der Waals surface area (Å²) in [5.41, 5.74) is 7.75. The van der Waals surface area contributed by atoms with Crippen LogP contribution in [0.2, 0.25) is 0 Å². The molecule has 0 spiro atoms. The Morgan fingerprint density at radius 1 is 0.457 bits per heavy atom. The van der Waals surface area contributed by atoms with E-state index in [4.69, 9.17) is 19.4 Å². The highest BCUT2D eigenvalue weighted by atomic mass is 16.3. The van der Waals surface area contributed by atoms with Crippen molar-refractivity contribution in [2.45, 2.75) is 0 Å². The van der Waals surface area contributed by atoms with Crippen LogP contribution >= 0.6 is 0 Å². The second-order valence-corrected chi connectivity index (χ2v) is 11.7. The van der Waals surface area contributed by atoms with E-state index in [1.807, 2.05) is 60.7 Å². The van der Waals surface area contributed by atoms with E-state index in [0.717, 1.165) is 55.4 Å². The molecule has 2 aromatic heterocycles. The van der Waals surface area contributed by atoms with Crippen LogP contribution in [0.3, 0.4) is 0 Å². The molecule has 0 aliphatic carbocycles. The Hall–Kier alpha value is -6.33. The van der Waals surface area contributed by atoms with Crippen molar-refractivity contribution < 1.29 is 4.42 Å². The summed E-state index contributed by atoms with van der Waals surface area (Å²) >= 11 is 0. The second kappa shape index (κ2) is 9.58. The largest absolute Gasteiger partial charge is 0.455 e. The minimum Gasteiger partial charge on any atom is -0.455 e. The number of rotatable bonds is 3. The van der Waals surface area contributed by atoms with Crippen molar-refractivity contribution in [2.75, 3.05) is 4.90 Å². The number of fused-ring (bicyclic) bond motifs is 6. The summed E-state index contributed by atoms with van der Waals surface area (Å²) in [6.45, 7) is 0. The average molecular weight is 589 g/mol. The van der Waals surface area contributed by atoms with Crippen molar-refractivity contribution in [3.63, 3.8) is 0 Å². The summed E-state index contributed by atoms with van der Waals surface area (Å²) in [6, 6.07) is 50.4. The van der Waals surface area contributed by atoms with Crippen molar-refractivity contribution in [1.29, 1.82) is 0 Å². The molecular formula is C41H24N4O. The number of hydrogen-bond donors (Lipinski definition) is 0. The molecule has 0 atom stereocenters. The van der Waals surface area contributed by atoms with E-state index < -0.39 is 0 Å². The highest BCUT2D eigenvalue weighted by Crippen LogP contribution is 2.51. The number of nitrogens with zero attached hydrogens (tertiary/aromatic N) is 4. The molecule has 214 valence electrons. The highest BCUT2D eigenvalue weighted by molar-refractivity contribution is 6.15. The monoisotopic (exact) mass is 588 g/mol. The Labute approximate surface area is 264 Å². The predicted octanol–water partition coefficient (Wildman–Crippen LogP) is 10.9. The van der Waals surface area contributed by atoms with Crippen LogP contribution in [0, 0.1) is 0 Å². The van der Waals surface area contributed by atoms with Crippen molar-refractivity contribution in [2.24, 2.45) is 0 Å². The number of aromatic nitrogens is 3. The van der Waals surface area contributed by atoms with Crippen LogP contribution in [0.4, 0.5) is 17.3 Å². The van der Waals surface area contributed by atoms with Crippen molar-refractivity contribution in [3.05, 3.63) is 146 Å². The first-order valence-corrected chi connectivity index (χ1v) is 15.4. The molecule has 1 aliphatic rings. The predicted molar refractivity (Wildman–Crippen MR) is 187 cm³/mol. The Morgan fingerprint density at radius 2 is 1.13 bits per heavy atom. The molecule has 0 fully saturated rings. The Bertz CT molecular complexity index is 2650. The van der Waals surface area contributed by atoms with Gasteiger partial charge in [-0.1, -0.05) is 115 Å². The van der Waals surface area contributed by atoms with E-state index in [2.05, 4.69) is 89.8 Å². The van der Waals surface area contributed by atoms with Gasteiger partial charge in [0.2, 0.25) is 5.95 Å². The van der Waals surface area contributed by atoms with Gasteiger partial charge in [0.1, 0.15) is 11.2 Å². The Kier molecular flexibility index (Phi) is 5.22. The van der Waals surface area contributed by atoms with E-state index in [0.29, 0.717) is 17.6 Å². The standard InChI is InChI=1S/C41H24N4O/c1-2-11-26(12-3-1)39-42-40(32-20-10-19-31-29-17-6-7-22-36(29)46-38(31)32)44-41(43-39)45-34-21-9-16-25-15-8-18-30(37(25)34)33-23-27-13-4-5-14-28(27)24-35(33)45/h1-24H. The maximum absolute atomic E-state index is 6.45. The number of anilines is 3. The normalized spacial score (nSPS) is 12.3. The van der Waals surface area contributed by atoms with E-state index in [9.17, 15) is 0 Å². The van der Waals surface area contributed by atoms with Crippen LogP contribution in [-0.2, 0) is 0 Å². The molecule has 46 heavy (non-hydrogen) atoms. The molecule has 10 rings (SSSR count). The lowest BCUT2D eigenvalue weighted by Crippen LogP contribution is -2.19. The van der Waals surface area contributed by atoms with Gasteiger partial charge in [0, 0.05) is 27.3 Å². The number of hydrogen-bond acceptors (Lipinski definition) is 5. The lowest BCUT2D eigenvalue weighted by molar-refractivity contribution is 0.669. The fourth-order valence-electron chi connectivity index (χ4n) is 6.93. The molecule has 5 nitrogen and oxygen atoms in total. The zero-order valence-electron chi connectivity index (χ0n) is 24.6. The summed E-state index contributed by atoms with van der Waals surface area (Å²) in [6.07, 6.45) is 0. The van der Waals surface area contributed by atoms with Gasteiger partial charge in [-0.3, -0.25) is 4.90 Å². The third kappa shape index (κ3) is 3.66. The first kappa shape index (κ1) is 25.0. The quantitative estimate of drug-likeness (QED) is 0.205. The molecule has 0 saturated carbocycles. The van der Waals surface area contributed by atoms with E-state index in [1.165, 1.54) is 21.7 Å². The summed E-state index contributed by atoms with van der Waals surface area (Å²) < 4.78 is 6.45.